The van der Waals surface area contributed by atoms with Gasteiger partial charge in [0.15, 0.2) is 6.10 Å². The Labute approximate surface area is 314 Å². The molecule has 1 aliphatic heterocycles. The quantitative estimate of drug-likeness (QED) is 0.0396. The summed E-state index contributed by atoms with van der Waals surface area (Å²) in [6, 6.07) is 8.01. The minimum Gasteiger partial charge on any atom is -0.462 e. The van der Waals surface area contributed by atoms with Crippen molar-refractivity contribution >= 4 is 20.5 Å². The van der Waals surface area contributed by atoms with Gasteiger partial charge in [-0.15, -0.1) is 0 Å². The van der Waals surface area contributed by atoms with E-state index < -0.39 is 14.7 Å². The molecule has 0 radical (unpaired) electrons. The van der Waals surface area contributed by atoms with Crippen molar-refractivity contribution in [3.05, 3.63) is 35.4 Å². The molecule has 1 aromatic carbocycles. The lowest BCUT2D eigenvalue weighted by atomic mass is 10.0. The summed E-state index contributed by atoms with van der Waals surface area (Å²) in [5.74, 6) is -0.527. The van der Waals surface area contributed by atoms with Gasteiger partial charge in [-0.2, -0.15) is 0 Å². The van der Waals surface area contributed by atoms with Gasteiger partial charge in [-0.25, -0.2) is 0 Å². The third-order valence-corrected chi connectivity index (χ3v) is 10.9. The van der Waals surface area contributed by atoms with Gasteiger partial charge in [0, 0.05) is 12.8 Å². The minimum absolute atomic E-state index is 0.0228. The zero-order valence-corrected chi connectivity index (χ0v) is 33.7. The van der Waals surface area contributed by atoms with Gasteiger partial charge >= 0.3 is 20.5 Å². The van der Waals surface area contributed by atoms with Crippen LogP contribution in [0.25, 0.3) is 0 Å². The second-order valence-electron chi connectivity index (χ2n) is 14.6. The second-order valence-corrected chi connectivity index (χ2v) is 15.8. The van der Waals surface area contributed by atoms with Crippen molar-refractivity contribution in [3.8, 4) is 0 Å². The highest BCUT2D eigenvalue weighted by Gasteiger charge is 2.24. The third-order valence-electron chi connectivity index (χ3n) is 9.83. The summed E-state index contributed by atoms with van der Waals surface area (Å²) in [7, 11) is -1.61. The molecule has 0 fully saturated rings. The van der Waals surface area contributed by atoms with Crippen LogP contribution in [-0.4, -0.2) is 31.3 Å². The molecule has 1 aliphatic rings. The van der Waals surface area contributed by atoms with E-state index in [2.05, 4.69) is 13.8 Å². The number of hydrogen-bond acceptors (Lipinski definition) is 7. The zero-order valence-electron chi connectivity index (χ0n) is 32.8. The van der Waals surface area contributed by atoms with Crippen molar-refractivity contribution < 1.29 is 32.6 Å². The van der Waals surface area contributed by atoms with Crippen LogP contribution in [0.15, 0.2) is 24.3 Å². The van der Waals surface area contributed by atoms with Crippen LogP contribution >= 0.6 is 8.60 Å². The molecule has 7 nitrogen and oxygen atoms in total. The Hall–Kier alpha value is -1.53. The summed E-state index contributed by atoms with van der Waals surface area (Å²) in [5.41, 5.74) is 2.16. The third kappa shape index (κ3) is 26.0. The van der Waals surface area contributed by atoms with E-state index in [-0.39, 0.29) is 25.2 Å². The number of carbonyl (C=O) groups is 2. The van der Waals surface area contributed by atoms with Gasteiger partial charge in [-0.1, -0.05) is 192 Å². The van der Waals surface area contributed by atoms with E-state index >= 15 is 0 Å². The molecule has 0 amide bonds. The first-order chi connectivity index (χ1) is 25.1. The van der Waals surface area contributed by atoms with Crippen LogP contribution in [0.5, 0.6) is 0 Å². The van der Waals surface area contributed by atoms with E-state index in [1.807, 2.05) is 24.3 Å². The van der Waals surface area contributed by atoms with E-state index in [0.29, 0.717) is 26.1 Å². The van der Waals surface area contributed by atoms with Crippen LogP contribution < -0.4 is 0 Å². The van der Waals surface area contributed by atoms with Gasteiger partial charge in [-0.3, -0.25) is 9.59 Å². The lowest BCUT2D eigenvalue weighted by Gasteiger charge is -2.20. The Morgan fingerprint density at radius 2 is 0.922 bits per heavy atom. The molecule has 1 atom stereocenters. The highest BCUT2D eigenvalue weighted by Crippen LogP contribution is 2.44. The average Bonchev–Trinajstić information content (AvgIpc) is 3.35. The van der Waals surface area contributed by atoms with Gasteiger partial charge in [0.1, 0.15) is 6.61 Å². The van der Waals surface area contributed by atoms with Gasteiger partial charge in [0.25, 0.3) is 0 Å². The number of rotatable bonds is 34. The number of benzene rings is 1. The van der Waals surface area contributed by atoms with Crippen LogP contribution in [0.4, 0.5) is 0 Å². The summed E-state index contributed by atoms with van der Waals surface area (Å²) in [6.45, 7) is 5.37. The zero-order chi connectivity index (χ0) is 36.5. The number of unbranched alkanes of at least 4 members (excludes halogenated alkanes) is 24. The molecular formula is C43H75O7P. The maximum atomic E-state index is 12.8. The van der Waals surface area contributed by atoms with E-state index in [1.54, 1.807) is 0 Å². The first kappa shape index (κ1) is 45.6. The molecule has 0 aliphatic carbocycles. The molecule has 0 spiro atoms. The van der Waals surface area contributed by atoms with Gasteiger partial charge in [0.05, 0.1) is 19.8 Å². The fourth-order valence-electron chi connectivity index (χ4n) is 6.53. The molecule has 1 heterocycles. The van der Waals surface area contributed by atoms with Crippen molar-refractivity contribution in [3.63, 3.8) is 0 Å². The van der Waals surface area contributed by atoms with Crippen LogP contribution in [0.3, 0.4) is 0 Å². The van der Waals surface area contributed by atoms with Crippen molar-refractivity contribution in [2.45, 2.75) is 213 Å². The molecule has 0 bridgehead atoms. The predicted molar refractivity (Wildman–Crippen MR) is 210 cm³/mol. The molecule has 0 saturated heterocycles. The molecule has 0 N–H and O–H groups in total. The van der Waals surface area contributed by atoms with Crippen LogP contribution in [0, 0.1) is 0 Å². The molecule has 294 valence electrons. The monoisotopic (exact) mass is 735 g/mol. The Morgan fingerprint density at radius 3 is 1.33 bits per heavy atom. The molecule has 8 heteroatoms. The maximum absolute atomic E-state index is 12.8. The Morgan fingerprint density at radius 1 is 0.549 bits per heavy atom. The largest absolute Gasteiger partial charge is 0.462 e. The van der Waals surface area contributed by atoms with E-state index in [1.165, 1.54) is 128 Å². The second kappa shape index (κ2) is 33.1. The summed E-state index contributed by atoms with van der Waals surface area (Å²) in [6.07, 6.45) is 32.8. The number of esters is 2. The van der Waals surface area contributed by atoms with Gasteiger partial charge < -0.3 is 23.0 Å². The highest BCUT2D eigenvalue weighted by atomic mass is 31.2. The van der Waals surface area contributed by atoms with Crippen LogP contribution in [0.2, 0.25) is 0 Å². The number of hydrogen-bond donors (Lipinski definition) is 0. The van der Waals surface area contributed by atoms with E-state index in [4.69, 9.17) is 23.0 Å². The van der Waals surface area contributed by atoms with Crippen LogP contribution in [-0.2, 0) is 45.8 Å². The van der Waals surface area contributed by atoms with Crippen molar-refractivity contribution in [2.75, 3.05) is 13.2 Å². The lowest BCUT2D eigenvalue weighted by molar-refractivity contribution is -0.161. The Kier molecular flexibility index (Phi) is 29.6. The van der Waals surface area contributed by atoms with E-state index in [0.717, 1.165) is 49.7 Å². The topological polar surface area (TPSA) is 80.3 Å². The molecule has 2 rings (SSSR count). The smallest absolute Gasteiger partial charge is 0.333 e. The van der Waals surface area contributed by atoms with E-state index in [9.17, 15) is 9.59 Å². The lowest BCUT2D eigenvalue weighted by Crippen LogP contribution is -2.29. The van der Waals surface area contributed by atoms with Crippen molar-refractivity contribution in [2.24, 2.45) is 0 Å². The molecule has 51 heavy (non-hydrogen) atoms. The minimum atomic E-state index is -1.61. The number of fused-ring (bicyclic) bond motifs is 1. The fraction of sp³-hybridized carbons (Fsp3) is 0.814. The number of carbonyl (C=O) groups excluding carboxylic acids is 2. The summed E-state index contributed by atoms with van der Waals surface area (Å²) < 4.78 is 29.0. The highest BCUT2D eigenvalue weighted by molar-refractivity contribution is 7.41. The molecule has 1 unspecified atom stereocenters. The summed E-state index contributed by atoms with van der Waals surface area (Å²) in [5, 5.41) is 0. The Bertz CT molecular complexity index is 946. The predicted octanol–water partition coefficient (Wildman–Crippen LogP) is 13.4. The normalized spacial score (nSPS) is 13.8. The van der Waals surface area contributed by atoms with Crippen molar-refractivity contribution in [1.82, 2.24) is 0 Å². The summed E-state index contributed by atoms with van der Waals surface area (Å²) >= 11 is 0. The first-order valence-corrected chi connectivity index (χ1v) is 22.3. The fourth-order valence-corrected chi connectivity index (χ4v) is 7.53. The summed E-state index contributed by atoms with van der Waals surface area (Å²) in [4.78, 5) is 25.4. The average molecular weight is 735 g/mol. The molecule has 0 aromatic heterocycles. The molecular weight excluding hydrogens is 659 g/mol. The molecule has 1 aromatic rings. The molecule has 0 saturated carbocycles. The number of ether oxygens (including phenoxy) is 2. The standard InChI is InChI=1S/C43H75O7P/c1-3-5-7-9-11-13-15-17-19-21-23-25-27-33-42(44)46-37-41(38-49-51-47-35-39-31-29-30-32-40(39)36-48-51)50-43(45)34-28-26-24-22-20-18-16-14-12-10-8-6-4-2/h29-32,41H,3-28,33-38H2,1-2H3. The first-order valence-electron chi connectivity index (χ1n) is 21.2. The van der Waals surface area contributed by atoms with Crippen LogP contribution in [0.1, 0.15) is 205 Å². The van der Waals surface area contributed by atoms with Gasteiger partial charge in [0.2, 0.25) is 0 Å². The maximum Gasteiger partial charge on any atom is 0.333 e. The van der Waals surface area contributed by atoms with Crippen molar-refractivity contribution in [1.29, 1.82) is 0 Å². The Balaban J connectivity index is 1.61. The van der Waals surface area contributed by atoms with Gasteiger partial charge in [-0.05, 0) is 24.0 Å². The SMILES string of the molecule is CCCCCCCCCCCCCCCC(=O)OCC(COP1OCc2ccccc2CO1)OC(=O)CCCCCCCCCCCCCCC.